The van der Waals surface area contributed by atoms with Gasteiger partial charge < -0.3 is 9.84 Å². The smallest absolute Gasteiger partial charge is 0.252 e. The lowest BCUT2D eigenvalue weighted by Gasteiger charge is -2.30. The molecule has 1 fully saturated rings. The van der Waals surface area contributed by atoms with Crippen molar-refractivity contribution in [3.8, 4) is 11.4 Å². The number of hydrogen-bond donors (Lipinski definition) is 1. The average Bonchev–Trinajstić information content (AvgIpc) is 3.49. The number of thiophene rings is 1. The van der Waals surface area contributed by atoms with E-state index >= 15 is 0 Å². The standard InChI is InChI=1S/C23H28N4O4S2/c1-4-20-25-22(26-31-20)18-12-21(32-14-18)33(29,30)27-11-5-6-17(13-27)23(28)24-19-9-7-16(8-10-19)15(2)3/h7-10,12,14-15,17H,4-6,11,13H2,1-3H3,(H,24,28)/t17-/m1/s1. The normalized spacial score (nSPS) is 17.4. The van der Waals surface area contributed by atoms with E-state index in [9.17, 15) is 13.2 Å². The van der Waals surface area contributed by atoms with Gasteiger partial charge in [-0.3, -0.25) is 4.79 Å². The third-order valence-electron chi connectivity index (χ3n) is 5.80. The van der Waals surface area contributed by atoms with Crippen LogP contribution in [0.5, 0.6) is 0 Å². The van der Waals surface area contributed by atoms with Crippen LogP contribution in [0.15, 0.2) is 44.4 Å². The predicted molar refractivity (Wildman–Crippen MR) is 128 cm³/mol. The first kappa shape index (κ1) is 23.6. The van der Waals surface area contributed by atoms with Gasteiger partial charge in [-0.05, 0) is 42.5 Å². The largest absolute Gasteiger partial charge is 0.339 e. The first-order valence-electron chi connectivity index (χ1n) is 11.1. The number of piperidine rings is 1. The van der Waals surface area contributed by atoms with Crippen LogP contribution >= 0.6 is 11.3 Å². The zero-order valence-corrected chi connectivity index (χ0v) is 20.6. The third-order valence-corrected chi connectivity index (χ3v) is 9.08. The molecule has 1 aromatic carbocycles. The van der Waals surface area contributed by atoms with Crippen LogP contribution in [0, 0.1) is 5.92 Å². The molecule has 2 aromatic heterocycles. The number of aromatic nitrogens is 2. The Morgan fingerprint density at radius 2 is 2.06 bits per heavy atom. The second kappa shape index (κ2) is 9.74. The number of nitrogens with one attached hydrogen (secondary N) is 1. The SMILES string of the molecule is CCc1nc(-c2csc(S(=O)(=O)N3CCC[C@@H](C(=O)Nc4ccc(C(C)C)cc4)C3)c2)no1. The Morgan fingerprint density at radius 3 is 2.73 bits per heavy atom. The minimum Gasteiger partial charge on any atom is -0.339 e. The Balaban J connectivity index is 1.44. The summed E-state index contributed by atoms with van der Waals surface area (Å²) in [6, 6.07) is 9.35. The van der Waals surface area contributed by atoms with Crippen molar-refractivity contribution in [2.45, 2.75) is 50.2 Å². The van der Waals surface area contributed by atoms with Crippen LogP contribution < -0.4 is 5.32 Å². The average molecular weight is 489 g/mol. The van der Waals surface area contributed by atoms with Crippen molar-refractivity contribution in [3.63, 3.8) is 0 Å². The lowest BCUT2D eigenvalue weighted by Crippen LogP contribution is -2.43. The fourth-order valence-electron chi connectivity index (χ4n) is 3.78. The number of rotatable bonds is 7. The van der Waals surface area contributed by atoms with Gasteiger partial charge in [0.1, 0.15) is 4.21 Å². The van der Waals surface area contributed by atoms with E-state index in [1.165, 1.54) is 9.87 Å². The zero-order valence-electron chi connectivity index (χ0n) is 18.9. The summed E-state index contributed by atoms with van der Waals surface area (Å²) in [7, 11) is -3.72. The number of hydrogen-bond acceptors (Lipinski definition) is 7. The van der Waals surface area contributed by atoms with Gasteiger partial charge >= 0.3 is 0 Å². The van der Waals surface area contributed by atoms with Crippen LogP contribution in [-0.4, -0.2) is 41.9 Å². The summed E-state index contributed by atoms with van der Waals surface area (Å²) in [5.41, 5.74) is 2.53. The molecule has 1 atom stereocenters. The second-order valence-corrected chi connectivity index (χ2v) is 11.6. The van der Waals surface area contributed by atoms with Crippen molar-refractivity contribution in [1.29, 1.82) is 0 Å². The fraction of sp³-hybridized carbons (Fsp3) is 0.435. The Kier molecular flexibility index (Phi) is 6.96. The molecule has 0 bridgehead atoms. The van der Waals surface area contributed by atoms with Crippen LogP contribution in [-0.2, 0) is 21.2 Å². The Morgan fingerprint density at radius 1 is 1.30 bits per heavy atom. The van der Waals surface area contributed by atoms with Crippen molar-refractivity contribution < 1.29 is 17.7 Å². The first-order chi connectivity index (χ1) is 15.8. The van der Waals surface area contributed by atoms with Gasteiger partial charge in [-0.1, -0.05) is 38.1 Å². The monoisotopic (exact) mass is 488 g/mol. The lowest BCUT2D eigenvalue weighted by molar-refractivity contribution is -0.120. The molecule has 1 aliphatic heterocycles. The quantitative estimate of drug-likeness (QED) is 0.524. The van der Waals surface area contributed by atoms with E-state index < -0.39 is 15.9 Å². The van der Waals surface area contributed by atoms with E-state index in [4.69, 9.17) is 4.52 Å². The van der Waals surface area contributed by atoms with Crippen molar-refractivity contribution in [3.05, 3.63) is 47.2 Å². The van der Waals surface area contributed by atoms with Gasteiger partial charge in [0.2, 0.25) is 17.6 Å². The Hall–Kier alpha value is -2.56. The summed E-state index contributed by atoms with van der Waals surface area (Å²) < 4.78 is 33.3. The van der Waals surface area contributed by atoms with Gasteiger partial charge in [0, 0.05) is 36.1 Å². The number of sulfonamides is 1. The molecule has 10 heteroatoms. The molecule has 1 saturated heterocycles. The predicted octanol–water partition coefficient (Wildman–Crippen LogP) is 4.52. The molecule has 1 N–H and O–H groups in total. The highest BCUT2D eigenvalue weighted by Crippen LogP contribution is 2.31. The number of carbonyl (C=O) groups is 1. The van der Waals surface area contributed by atoms with Crippen LogP contribution in [0.2, 0.25) is 0 Å². The van der Waals surface area contributed by atoms with E-state index in [2.05, 4.69) is 29.3 Å². The van der Waals surface area contributed by atoms with Crippen LogP contribution in [0.4, 0.5) is 5.69 Å². The van der Waals surface area contributed by atoms with Gasteiger partial charge in [-0.25, -0.2) is 8.42 Å². The molecule has 0 aliphatic carbocycles. The van der Waals surface area contributed by atoms with Gasteiger partial charge in [0.05, 0.1) is 5.92 Å². The molecule has 1 aliphatic rings. The first-order valence-corrected chi connectivity index (χ1v) is 13.4. The number of aryl methyl sites for hydroxylation is 1. The number of anilines is 1. The summed E-state index contributed by atoms with van der Waals surface area (Å²) in [6.07, 6.45) is 1.90. The van der Waals surface area contributed by atoms with Crippen LogP contribution in [0.1, 0.15) is 51.0 Å². The molecule has 0 saturated carbocycles. The number of carbonyl (C=O) groups excluding carboxylic acids is 1. The number of benzene rings is 1. The minimum absolute atomic E-state index is 0.155. The topological polar surface area (TPSA) is 105 Å². The van der Waals surface area contributed by atoms with E-state index in [0.29, 0.717) is 49.0 Å². The van der Waals surface area contributed by atoms with Crippen LogP contribution in [0.25, 0.3) is 11.4 Å². The molecule has 176 valence electrons. The molecular weight excluding hydrogens is 460 g/mol. The second-order valence-electron chi connectivity index (χ2n) is 8.49. The summed E-state index contributed by atoms with van der Waals surface area (Å²) in [5, 5.41) is 8.57. The van der Waals surface area contributed by atoms with Crippen molar-refractivity contribution in [2.75, 3.05) is 18.4 Å². The van der Waals surface area contributed by atoms with Gasteiger partial charge in [0.25, 0.3) is 10.0 Å². The molecule has 0 radical (unpaired) electrons. The summed E-state index contributed by atoms with van der Waals surface area (Å²) >= 11 is 1.13. The molecule has 0 spiro atoms. The maximum Gasteiger partial charge on any atom is 0.252 e. The van der Waals surface area contributed by atoms with E-state index in [0.717, 1.165) is 17.0 Å². The molecule has 3 heterocycles. The number of nitrogens with zero attached hydrogens (tertiary/aromatic N) is 3. The minimum atomic E-state index is -3.72. The van der Waals surface area contributed by atoms with Crippen LogP contribution in [0.3, 0.4) is 0 Å². The molecule has 1 amide bonds. The van der Waals surface area contributed by atoms with Gasteiger partial charge in [-0.2, -0.15) is 9.29 Å². The summed E-state index contributed by atoms with van der Waals surface area (Å²) in [6.45, 7) is 6.69. The number of amides is 1. The molecule has 33 heavy (non-hydrogen) atoms. The molecule has 3 aromatic rings. The lowest BCUT2D eigenvalue weighted by atomic mass is 9.98. The van der Waals surface area contributed by atoms with Gasteiger partial charge in [-0.15, -0.1) is 11.3 Å². The van der Waals surface area contributed by atoms with Crippen molar-refractivity contribution in [1.82, 2.24) is 14.4 Å². The third kappa shape index (κ3) is 5.18. The summed E-state index contributed by atoms with van der Waals surface area (Å²) in [5.74, 6) is 0.742. The van der Waals surface area contributed by atoms with Crippen molar-refractivity contribution >= 4 is 33.0 Å². The Bertz CT molecular complexity index is 1220. The van der Waals surface area contributed by atoms with E-state index in [1.54, 1.807) is 11.4 Å². The highest BCUT2D eigenvalue weighted by atomic mass is 32.2. The molecular formula is C23H28N4O4S2. The Labute approximate surface area is 198 Å². The van der Waals surface area contributed by atoms with Crippen molar-refractivity contribution in [2.24, 2.45) is 5.92 Å². The fourth-order valence-corrected chi connectivity index (χ4v) is 6.62. The van der Waals surface area contributed by atoms with Gasteiger partial charge in [0.15, 0.2) is 0 Å². The highest BCUT2D eigenvalue weighted by molar-refractivity contribution is 7.91. The molecule has 4 rings (SSSR count). The van der Waals surface area contributed by atoms with E-state index in [1.807, 2.05) is 31.2 Å². The maximum atomic E-state index is 13.3. The zero-order chi connectivity index (χ0) is 23.6. The highest BCUT2D eigenvalue weighted by Gasteiger charge is 2.34. The molecule has 8 nitrogen and oxygen atoms in total. The van der Waals surface area contributed by atoms with E-state index in [-0.39, 0.29) is 16.7 Å². The summed E-state index contributed by atoms with van der Waals surface area (Å²) in [4.78, 5) is 17.1. The maximum absolute atomic E-state index is 13.3. The molecule has 0 unspecified atom stereocenters.